The number of rotatable bonds is 7. The molecule has 1 aromatic carbocycles. The number of hydrogen-bond acceptors (Lipinski definition) is 5. The molecule has 3 aliphatic rings. The third-order valence-electron chi connectivity index (χ3n) is 7.45. The molecule has 2 aliphatic heterocycles. The highest BCUT2D eigenvalue weighted by molar-refractivity contribution is 5.92. The van der Waals surface area contributed by atoms with E-state index in [0.717, 1.165) is 77.3 Å². The van der Waals surface area contributed by atoms with Gasteiger partial charge in [0.15, 0.2) is 0 Å². The molecule has 7 nitrogen and oxygen atoms in total. The number of anilines is 1. The summed E-state index contributed by atoms with van der Waals surface area (Å²) in [4.78, 5) is 30.0. The normalized spacial score (nSPS) is 22.9. The number of hydrogen-bond donors (Lipinski definition) is 2. The molecule has 0 bridgehead atoms. The molecule has 7 heteroatoms. The standard InChI is InChI=1S/C25H38N4O3/c30-23(26-20-25(11-5-2-6-12-25)29-15-17-32-18-16-29)19-28-13-9-21(10-14-28)24(31)27-22-7-3-1-4-8-22/h1,3-4,7-8,21H,2,5-6,9-20H2,(H,26,30)(H,27,31). The molecule has 1 aromatic rings. The van der Waals surface area contributed by atoms with Gasteiger partial charge in [-0.05, 0) is 50.9 Å². The van der Waals surface area contributed by atoms with Crippen LogP contribution in [-0.2, 0) is 14.3 Å². The minimum absolute atomic E-state index is 0.0151. The number of benzene rings is 1. The van der Waals surface area contributed by atoms with Gasteiger partial charge in [0.05, 0.1) is 19.8 Å². The van der Waals surface area contributed by atoms with Crippen molar-refractivity contribution in [2.45, 2.75) is 50.5 Å². The predicted molar refractivity (Wildman–Crippen MR) is 125 cm³/mol. The molecule has 3 fully saturated rings. The molecule has 2 N–H and O–H groups in total. The number of carbonyl (C=O) groups is 2. The number of nitrogens with zero attached hydrogens (tertiary/aromatic N) is 2. The van der Waals surface area contributed by atoms with Crippen LogP contribution in [0.2, 0.25) is 0 Å². The Balaban J connectivity index is 1.21. The van der Waals surface area contributed by atoms with E-state index >= 15 is 0 Å². The summed E-state index contributed by atoms with van der Waals surface area (Å²) in [6, 6.07) is 9.61. The maximum Gasteiger partial charge on any atom is 0.234 e. The lowest BCUT2D eigenvalue weighted by Gasteiger charge is -2.48. The first-order valence-electron chi connectivity index (χ1n) is 12.3. The van der Waals surface area contributed by atoms with Crippen LogP contribution in [0.5, 0.6) is 0 Å². The van der Waals surface area contributed by atoms with Crippen LogP contribution < -0.4 is 10.6 Å². The maximum absolute atomic E-state index is 12.8. The number of morpholine rings is 1. The van der Waals surface area contributed by atoms with Crippen molar-refractivity contribution < 1.29 is 14.3 Å². The quantitative estimate of drug-likeness (QED) is 0.679. The van der Waals surface area contributed by atoms with Gasteiger partial charge in [0.1, 0.15) is 0 Å². The number of likely N-dealkylation sites (tertiary alicyclic amines) is 1. The molecule has 0 unspecified atom stereocenters. The van der Waals surface area contributed by atoms with Gasteiger partial charge in [0.2, 0.25) is 11.8 Å². The van der Waals surface area contributed by atoms with E-state index in [1.54, 1.807) is 0 Å². The topological polar surface area (TPSA) is 73.9 Å². The second-order valence-corrected chi connectivity index (χ2v) is 9.57. The van der Waals surface area contributed by atoms with Gasteiger partial charge in [-0.3, -0.25) is 19.4 Å². The average molecular weight is 443 g/mol. The van der Waals surface area contributed by atoms with Gasteiger partial charge in [0.25, 0.3) is 0 Å². The Morgan fingerprint density at radius 2 is 1.66 bits per heavy atom. The zero-order chi connectivity index (χ0) is 22.2. The lowest BCUT2D eigenvalue weighted by atomic mass is 9.79. The van der Waals surface area contributed by atoms with Crippen LogP contribution in [0.15, 0.2) is 30.3 Å². The largest absolute Gasteiger partial charge is 0.379 e. The summed E-state index contributed by atoms with van der Waals surface area (Å²) in [5, 5.41) is 6.27. The van der Waals surface area contributed by atoms with Crippen molar-refractivity contribution in [3.05, 3.63) is 30.3 Å². The van der Waals surface area contributed by atoms with Crippen molar-refractivity contribution in [1.82, 2.24) is 15.1 Å². The van der Waals surface area contributed by atoms with E-state index < -0.39 is 0 Å². The van der Waals surface area contributed by atoms with E-state index in [2.05, 4.69) is 20.4 Å². The molecule has 4 rings (SSSR count). The zero-order valence-corrected chi connectivity index (χ0v) is 19.2. The minimum Gasteiger partial charge on any atom is -0.379 e. The molecule has 32 heavy (non-hydrogen) atoms. The third-order valence-corrected chi connectivity index (χ3v) is 7.45. The van der Waals surface area contributed by atoms with Gasteiger partial charge in [-0.15, -0.1) is 0 Å². The highest BCUT2D eigenvalue weighted by atomic mass is 16.5. The van der Waals surface area contributed by atoms with Gasteiger partial charge in [0, 0.05) is 36.8 Å². The van der Waals surface area contributed by atoms with Crippen molar-refractivity contribution in [2.75, 3.05) is 57.8 Å². The summed E-state index contributed by atoms with van der Waals surface area (Å²) in [6.45, 7) is 6.26. The van der Waals surface area contributed by atoms with Gasteiger partial charge in [-0.2, -0.15) is 0 Å². The van der Waals surface area contributed by atoms with Crippen LogP contribution in [0.1, 0.15) is 44.9 Å². The van der Waals surface area contributed by atoms with Crippen LogP contribution in [0.25, 0.3) is 0 Å². The van der Waals surface area contributed by atoms with Gasteiger partial charge in [-0.1, -0.05) is 37.5 Å². The maximum atomic E-state index is 12.8. The van der Waals surface area contributed by atoms with E-state index in [1.807, 2.05) is 30.3 Å². The number of ether oxygens (including phenoxy) is 1. The van der Waals surface area contributed by atoms with E-state index in [4.69, 9.17) is 4.74 Å². The highest BCUT2D eigenvalue weighted by Gasteiger charge is 2.39. The first-order chi connectivity index (χ1) is 15.6. The molecule has 0 spiro atoms. The van der Waals surface area contributed by atoms with Crippen molar-refractivity contribution >= 4 is 17.5 Å². The Kier molecular flexibility index (Phi) is 8.16. The van der Waals surface area contributed by atoms with E-state index in [0.29, 0.717) is 6.54 Å². The molecule has 0 radical (unpaired) electrons. The molecular weight excluding hydrogens is 404 g/mol. The summed E-state index contributed by atoms with van der Waals surface area (Å²) in [5.74, 6) is 0.210. The Morgan fingerprint density at radius 3 is 2.34 bits per heavy atom. The molecule has 2 saturated heterocycles. The van der Waals surface area contributed by atoms with Gasteiger partial charge >= 0.3 is 0 Å². The van der Waals surface area contributed by atoms with Crippen LogP contribution in [0, 0.1) is 5.92 Å². The number of para-hydroxylation sites is 1. The Bertz CT molecular complexity index is 737. The van der Waals surface area contributed by atoms with E-state index in [1.165, 1.54) is 19.3 Å². The number of amides is 2. The first kappa shape index (κ1) is 23.2. The fourth-order valence-electron chi connectivity index (χ4n) is 5.49. The molecular formula is C25H38N4O3. The Hall–Kier alpha value is -1.96. The lowest BCUT2D eigenvalue weighted by Crippen LogP contribution is -2.60. The lowest BCUT2D eigenvalue weighted by molar-refractivity contribution is -0.124. The summed E-state index contributed by atoms with van der Waals surface area (Å²) >= 11 is 0. The van der Waals surface area contributed by atoms with Crippen LogP contribution >= 0.6 is 0 Å². The Morgan fingerprint density at radius 1 is 0.969 bits per heavy atom. The molecule has 0 aromatic heterocycles. The average Bonchev–Trinajstić information content (AvgIpc) is 2.85. The minimum atomic E-state index is 0.0151. The smallest absolute Gasteiger partial charge is 0.234 e. The van der Waals surface area contributed by atoms with E-state index in [9.17, 15) is 9.59 Å². The molecule has 1 aliphatic carbocycles. The molecule has 1 saturated carbocycles. The first-order valence-corrected chi connectivity index (χ1v) is 12.3. The third kappa shape index (κ3) is 6.09. The Labute approximate surface area is 191 Å². The molecule has 2 heterocycles. The van der Waals surface area contributed by atoms with Crippen molar-refractivity contribution in [1.29, 1.82) is 0 Å². The fraction of sp³-hybridized carbons (Fsp3) is 0.680. The van der Waals surface area contributed by atoms with Crippen LogP contribution in [-0.4, -0.2) is 79.6 Å². The van der Waals surface area contributed by atoms with Crippen LogP contribution in [0.4, 0.5) is 5.69 Å². The fourth-order valence-corrected chi connectivity index (χ4v) is 5.49. The van der Waals surface area contributed by atoms with Crippen molar-refractivity contribution in [3.63, 3.8) is 0 Å². The van der Waals surface area contributed by atoms with Crippen molar-refractivity contribution in [3.8, 4) is 0 Å². The summed E-state index contributed by atoms with van der Waals surface area (Å²) in [5.41, 5.74) is 0.941. The summed E-state index contributed by atoms with van der Waals surface area (Å²) < 4.78 is 5.56. The van der Waals surface area contributed by atoms with Crippen LogP contribution in [0.3, 0.4) is 0 Å². The second kappa shape index (κ2) is 11.3. The number of piperidine rings is 1. The zero-order valence-electron chi connectivity index (χ0n) is 19.2. The number of nitrogens with one attached hydrogen (secondary N) is 2. The SMILES string of the molecule is O=C(CN1CCC(C(=O)Nc2ccccc2)CC1)NCC1(N2CCOCC2)CCCCC1. The highest BCUT2D eigenvalue weighted by Crippen LogP contribution is 2.34. The monoisotopic (exact) mass is 442 g/mol. The molecule has 0 atom stereocenters. The van der Waals surface area contributed by atoms with Gasteiger partial charge < -0.3 is 15.4 Å². The number of carbonyl (C=O) groups excluding carboxylic acids is 2. The second-order valence-electron chi connectivity index (χ2n) is 9.57. The molecule has 176 valence electrons. The van der Waals surface area contributed by atoms with Gasteiger partial charge in [-0.25, -0.2) is 0 Å². The van der Waals surface area contributed by atoms with Crippen molar-refractivity contribution in [2.24, 2.45) is 5.92 Å². The predicted octanol–water partition coefficient (Wildman–Crippen LogP) is 2.49. The summed E-state index contributed by atoms with van der Waals surface area (Å²) in [7, 11) is 0. The summed E-state index contributed by atoms with van der Waals surface area (Å²) in [6.07, 6.45) is 7.70. The molecule has 2 amide bonds. The van der Waals surface area contributed by atoms with E-state index in [-0.39, 0.29) is 23.3 Å².